The lowest BCUT2D eigenvalue weighted by Gasteiger charge is -2.29. The average molecular weight is 437 g/mol. The van der Waals surface area contributed by atoms with E-state index >= 15 is 0 Å². The standard InChI is InChI=1S/C24H24N2O4S/c27-22(25-14-18-12-17-3-1-2-4-21(17)31-18)7-9-24(10-8-23(28)26-24)13-16-5-6-19-20(11-16)30-15-29-19/h1-6,11-12H,7-10,13-15H2,(H,25,27)(H,26,28). The molecule has 0 spiro atoms. The van der Waals surface area contributed by atoms with Gasteiger partial charge in [-0.3, -0.25) is 9.59 Å². The normalized spacial score (nSPS) is 19.5. The molecule has 0 aliphatic carbocycles. The van der Waals surface area contributed by atoms with Gasteiger partial charge in [-0.1, -0.05) is 24.3 Å². The molecule has 1 atom stereocenters. The zero-order chi connectivity index (χ0) is 21.3. The van der Waals surface area contributed by atoms with Gasteiger partial charge < -0.3 is 20.1 Å². The maximum atomic E-state index is 12.6. The van der Waals surface area contributed by atoms with Crippen LogP contribution in [-0.4, -0.2) is 24.1 Å². The number of benzene rings is 2. The van der Waals surface area contributed by atoms with E-state index in [-0.39, 0.29) is 18.6 Å². The Balaban J connectivity index is 1.20. The van der Waals surface area contributed by atoms with Crippen LogP contribution in [0.5, 0.6) is 11.5 Å². The van der Waals surface area contributed by atoms with Gasteiger partial charge >= 0.3 is 0 Å². The molecule has 0 bridgehead atoms. The van der Waals surface area contributed by atoms with E-state index in [4.69, 9.17) is 9.47 Å². The van der Waals surface area contributed by atoms with E-state index < -0.39 is 5.54 Å². The van der Waals surface area contributed by atoms with Gasteiger partial charge in [-0.25, -0.2) is 0 Å². The first-order valence-electron chi connectivity index (χ1n) is 10.5. The topological polar surface area (TPSA) is 76.7 Å². The van der Waals surface area contributed by atoms with Gasteiger partial charge in [0.2, 0.25) is 18.6 Å². The molecule has 0 saturated carbocycles. The summed E-state index contributed by atoms with van der Waals surface area (Å²) in [4.78, 5) is 25.7. The Morgan fingerprint density at radius 1 is 1.13 bits per heavy atom. The third kappa shape index (κ3) is 4.37. The van der Waals surface area contributed by atoms with Crippen LogP contribution in [0.25, 0.3) is 10.1 Å². The fourth-order valence-corrected chi connectivity index (χ4v) is 5.38. The van der Waals surface area contributed by atoms with Crippen molar-refractivity contribution in [3.63, 3.8) is 0 Å². The molecular weight excluding hydrogens is 412 g/mol. The van der Waals surface area contributed by atoms with Crippen LogP contribution >= 0.6 is 11.3 Å². The first kappa shape index (κ1) is 19.9. The second-order valence-corrected chi connectivity index (χ2v) is 9.39. The zero-order valence-electron chi connectivity index (χ0n) is 17.1. The molecule has 2 aliphatic rings. The average Bonchev–Trinajstić information content (AvgIpc) is 3.49. The quantitative estimate of drug-likeness (QED) is 0.589. The monoisotopic (exact) mass is 436 g/mol. The SMILES string of the molecule is O=C(CCC1(Cc2ccc3c(c2)OCO3)CCC(=O)N1)NCc1cc2ccccc2s1. The number of fused-ring (bicyclic) bond motifs is 2. The summed E-state index contributed by atoms with van der Waals surface area (Å²) in [5, 5.41) is 7.38. The van der Waals surface area contributed by atoms with Crippen LogP contribution in [0.4, 0.5) is 0 Å². The lowest BCUT2D eigenvalue weighted by atomic mass is 9.85. The molecule has 7 heteroatoms. The van der Waals surface area contributed by atoms with Crippen LogP contribution in [0.2, 0.25) is 0 Å². The van der Waals surface area contributed by atoms with Crippen LogP contribution in [0.3, 0.4) is 0 Å². The third-order valence-corrected chi connectivity index (χ3v) is 7.10. The molecule has 31 heavy (non-hydrogen) atoms. The maximum Gasteiger partial charge on any atom is 0.231 e. The number of hydrogen-bond donors (Lipinski definition) is 2. The van der Waals surface area contributed by atoms with Gasteiger partial charge in [-0.2, -0.15) is 0 Å². The molecule has 1 aromatic heterocycles. The van der Waals surface area contributed by atoms with Crippen molar-refractivity contribution in [1.82, 2.24) is 10.6 Å². The molecule has 2 amide bonds. The Labute approximate surface area is 184 Å². The molecule has 3 heterocycles. The van der Waals surface area contributed by atoms with E-state index in [2.05, 4.69) is 28.8 Å². The Morgan fingerprint density at radius 2 is 2.00 bits per heavy atom. The highest BCUT2D eigenvalue weighted by Crippen LogP contribution is 2.36. The Bertz CT molecular complexity index is 1110. The summed E-state index contributed by atoms with van der Waals surface area (Å²) in [7, 11) is 0. The van der Waals surface area contributed by atoms with E-state index in [9.17, 15) is 9.59 Å². The molecule has 1 fully saturated rings. The van der Waals surface area contributed by atoms with Gasteiger partial charge in [0.15, 0.2) is 11.5 Å². The van der Waals surface area contributed by atoms with Crippen LogP contribution in [0, 0.1) is 0 Å². The van der Waals surface area contributed by atoms with E-state index in [1.165, 1.54) is 10.1 Å². The predicted molar refractivity (Wildman–Crippen MR) is 119 cm³/mol. The van der Waals surface area contributed by atoms with E-state index in [0.717, 1.165) is 28.4 Å². The Hall–Kier alpha value is -3.06. The molecule has 2 N–H and O–H groups in total. The van der Waals surface area contributed by atoms with Gasteiger partial charge in [0.05, 0.1) is 6.54 Å². The van der Waals surface area contributed by atoms with Gasteiger partial charge in [0.25, 0.3) is 0 Å². The van der Waals surface area contributed by atoms with Gasteiger partial charge in [0.1, 0.15) is 0 Å². The predicted octanol–water partition coefficient (Wildman–Crippen LogP) is 3.92. The van der Waals surface area contributed by atoms with E-state index in [0.29, 0.717) is 32.2 Å². The molecule has 1 saturated heterocycles. The number of rotatable bonds is 7. The van der Waals surface area contributed by atoms with Crippen molar-refractivity contribution in [3.05, 3.63) is 59.0 Å². The summed E-state index contributed by atoms with van der Waals surface area (Å²) in [6.07, 6.45) is 2.86. The highest BCUT2D eigenvalue weighted by molar-refractivity contribution is 7.19. The fourth-order valence-electron chi connectivity index (χ4n) is 4.37. The van der Waals surface area contributed by atoms with Crippen molar-refractivity contribution in [2.24, 2.45) is 0 Å². The number of hydrogen-bond acceptors (Lipinski definition) is 5. The molecule has 0 radical (unpaired) electrons. The third-order valence-electron chi connectivity index (χ3n) is 5.98. The number of thiophene rings is 1. The molecule has 5 rings (SSSR count). The second kappa shape index (κ2) is 8.23. The molecule has 2 aromatic carbocycles. The Kier molecular flexibility index (Phi) is 5.28. The molecule has 6 nitrogen and oxygen atoms in total. The summed E-state index contributed by atoms with van der Waals surface area (Å²) in [6, 6.07) is 16.2. The van der Waals surface area contributed by atoms with Crippen molar-refractivity contribution in [2.75, 3.05) is 6.79 Å². The largest absolute Gasteiger partial charge is 0.454 e. The van der Waals surface area contributed by atoms with Crippen molar-refractivity contribution in [3.8, 4) is 11.5 Å². The Morgan fingerprint density at radius 3 is 2.84 bits per heavy atom. The molecule has 2 aliphatic heterocycles. The van der Waals surface area contributed by atoms with Crippen LogP contribution in [-0.2, 0) is 22.6 Å². The minimum atomic E-state index is -0.403. The lowest BCUT2D eigenvalue weighted by Crippen LogP contribution is -2.44. The van der Waals surface area contributed by atoms with Gasteiger partial charge in [0, 0.05) is 28.0 Å². The van der Waals surface area contributed by atoms with Gasteiger partial charge in [-0.15, -0.1) is 11.3 Å². The highest BCUT2D eigenvalue weighted by atomic mass is 32.1. The number of nitrogens with one attached hydrogen (secondary N) is 2. The highest BCUT2D eigenvalue weighted by Gasteiger charge is 2.38. The minimum absolute atomic E-state index is 0.00340. The second-order valence-electron chi connectivity index (χ2n) is 8.22. The summed E-state index contributed by atoms with van der Waals surface area (Å²) in [5.74, 6) is 1.53. The first-order chi connectivity index (χ1) is 15.1. The van der Waals surface area contributed by atoms with Crippen molar-refractivity contribution < 1.29 is 19.1 Å². The van der Waals surface area contributed by atoms with Crippen LogP contribution < -0.4 is 20.1 Å². The first-order valence-corrected chi connectivity index (χ1v) is 11.3. The summed E-state index contributed by atoms with van der Waals surface area (Å²) >= 11 is 1.70. The number of carbonyl (C=O) groups excluding carboxylic acids is 2. The lowest BCUT2D eigenvalue weighted by molar-refractivity contribution is -0.122. The molecule has 160 valence electrons. The summed E-state index contributed by atoms with van der Waals surface area (Å²) < 4.78 is 12.1. The van der Waals surface area contributed by atoms with Crippen LogP contribution in [0.15, 0.2) is 48.5 Å². The molecular formula is C24H24N2O4S. The van der Waals surface area contributed by atoms with Crippen molar-refractivity contribution in [2.45, 2.75) is 44.2 Å². The van der Waals surface area contributed by atoms with E-state index in [1.54, 1.807) is 11.3 Å². The summed E-state index contributed by atoms with van der Waals surface area (Å²) in [6.45, 7) is 0.764. The fraction of sp³-hybridized carbons (Fsp3) is 0.333. The van der Waals surface area contributed by atoms with Crippen LogP contribution in [0.1, 0.15) is 36.1 Å². The smallest absolute Gasteiger partial charge is 0.231 e. The van der Waals surface area contributed by atoms with E-state index in [1.807, 2.05) is 30.3 Å². The summed E-state index contributed by atoms with van der Waals surface area (Å²) in [5.41, 5.74) is 0.664. The van der Waals surface area contributed by atoms with Crippen molar-refractivity contribution >= 4 is 33.2 Å². The number of ether oxygens (including phenoxy) is 2. The molecule has 3 aromatic rings. The van der Waals surface area contributed by atoms with Crippen molar-refractivity contribution in [1.29, 1.82) is 0 Å². The minimum Gasteiger partial charge on any atom is -0.454 e. The van der Waals surface area contributed by atoms with Gasteiger partial charge in [-0.05, 0) is 54.5 Å². The maximum absolute atomic E-state index is 12.6. The number of carbonyl (C=O) groups is 2. The zero-order valence-corrected chi connectivity index (χ0v) is 17.9. The molecule has 1 unspecified atom stereocenters. The number of amides is 2.